The molecule has 0 unspecified atom stereocenters. The van der Waals surface area contributed by atoms with Crippen LogP contribution in [-0.4, -0.2) is 56.3 Å². The van der Waals surface area contributed by atoms with Crippen molar-refractivity contribution in [2.45, 2.75) is 6.54 Å². The van der Waals surface area contributed by atoms with Gasteiger partial charge in [-0.1, -0.05) is 18.2 Å². The summed E-state index contributed by atoms with van der Waals surface area (Å²) < 4.78 is 10.7. The zero-order valence-electron chi connectivity index (χ0n) is 17.2. The number of ether oxygens (including phenoxy) is 2. The highest BCUT2D eigenvalue weighted by molar-refractivity contribution is 7.13. The summed E-state index contributed by atoms with van der Waals surface area (Å²) in [5.74, 6) is 0.716. The molecular formula is C23H25N3O3S. The molecule has 1 aliphatic heterocycles. The lowest BCUT2D eigenvalue weighted by atomic mass is 10.1. The first-order valence-electron chi connectivity index (χ1n) is 9.91. The number of amides is 1. The van der Waals surface area contributed by atoms with Gasteiger partial charge in [-0.05, 0) is 35.9 Å². The number of rotatable bonds is 6. The minimum absolute atomic E-state index is 0.0807. The molecule has 1 amide bonds. The zero-order chi connectivity index (χ0) is 20.9. The van der Waals surface area contributed by atoms with E-state index < -0.39 is 0 Å². The number of morpholine rings is 1. The Morgan fingerprint density at radius 3 is 2.63 bits per heavy atom. The Labute approximate surface area is 180 Å². The van der Waals surface area contributed by atoms with E-state index in [4.69, 9.17) is 9.47 Å². The second kappa shape index (κ2) is 9.28. The van der Waals surface area contributed by atoms with E-state index in [-0.39, 0.29) is 5.91 Å². The van der Waals surface area contributed by atoms with Crippen LogP contribution in [0.15, 0.2) is 53.9 Å². The molecule has 1 saturated heterocycles. The second-order valence-electron chi connectivity index (χ2n) is 7.16. The van der Waals surface area contributed by atoms with Gasteiger partial charge in [-0.15, -0.1) is 11.3 Å². The Kier molecular flexibility index (Phi) is 6.30. The molecule has 0 spiro atoms. The van der Waals surface area contributed by atoms with E-state index in [2.05, 4.69) is 22.0 Å². The standard InChI is InChI=1S/C23H25N3O3S/c1-25(15-18-5-3-4-6-21(18)26-11-13-29-14-12-26)23(27)20-16-30-22(24-20)17-7-9-19(28-2)10-8-17/h3-10,16H,11-15H2,1-2H3. The highest BCUT2D eigenvalue weighted by Crippen LogP contribution is 2.27. The van der Waals surface area contributed by atoms with Gasteiger partial charge in [0.15, 0.2) is 0 Å². The number of methoxy groups -OCH3 is 1. The normalized spacial score (nSPS) is 13.9. The first kappa shape index (κ1) is 20.4. The van der Waals surface area contributed by atoms with Gasteiger partial charge in [0, 0.05) is 43.3 Å². The maximum absolute atomic E-state index is 13.0. The molecule has 2 aromatic carbocycles. The summed E-state index contributed by atoms with van der Waals surface area (Å²) in [6, 6.07) is 15.9. The van der Waals surface area contributed by atoms with E-state index >= 15 is 0 Å². The van der Waals surface area contributed by atoms with Gasteiger partial charge in [0.1, 0.15) is 16.5 Å². The Morgan fingerprint density at radius 2 is 1.90 bits per heavy atom. The molecule has 2 heterocycles. The topological polar surface area (TPSA) is 54.9 Å². The molecule has 1 fully saturated rings. The number of hydrogen-bond donors (Lipinski definition) is 0. The van der Waals surface area contributed by atoms with Gasteiger partial charge in [0.25, 0.3) is 5.91 Å². The summed E-state index contributed by atoms with van der Waals surface area (Å²) in [4.78, 5) is 21.6. The van der Waals surface area contributed by atoms with Crippen molar-refractivity contribution in [2.75, 3.05) is 45.4 Å². The lowest BCUT2D eigenvalue weighted by Crippen LogP contribution is -2.37. The Bertz CT molecular complexity index is 997. The predicted octanol–water partition coefficient (Wildman–Crippen LogP) is 3.93. The van der Waals surface area contributed by atoms with Crippen LogP contribution in [0.2, 0.25) is 0 Å². The third-order valence-electron chi connectivity index (χ3n) is 5.16. The highest BCUT2D eigenvalue weighted by atomic mass is 32.1. The zero-order valence-corrected chi connectivity index (χ0v) is 18.0. The fraction of sp³-hybridized carbons (Fsp3) is 0.304. The van der Waals surface area contributed by atoms with Gasteiger partial charge in [-0.3, -0.25) is 4.79 Å². The number of aromatic nitrogens is 1. The molecule has 0 radical (unpaired) electrons. The van der Waals surface area contributed by atoms with Crippen molar-refractivity contribution in [3.05, 3.63) is 65.2 Å². The average Bonchev–Trinajstić information content (AvgIpc) is 3.30. The van der Waals surface area contributed by atoms with Crippen LogP contribution in [0.5, 0.6) is 5.75 Å². The maximum atomic E-state index is 13.0. The third kappa shape index (κ3) is 4.47. The number of carbonyl (C=O) groups is 1. The average molecular weight is 424 g/mol. The van der Waals surface area contributed by atoms with Crippen LogP contribution in [0.25, 0.3) is 10.6 Å². The van der Waals surface area contributed by atoms with Crippen LogP contribution in [0.1, 0.15) is 16.1 Å². The minimum atomic E-state index is -0.0807. The quantitative estimate of drug-likeness (QED) is 0.601. The summed E-state index contributed by atoms with van der Waals surface area (Å²) >= 11 is 1.47. The summed E-state index contributed by atoms with van der Waals surface area (Å²) in [5.41, 5.74) is 3.73. The summed E-state index contributed by atoms with van der Waals surface area (Å²) in [6.07, 6.45) is 0. The van der Waals surface area contributed by atoms with Gasteiger partial charge >= 0.3 is 0 Å². The van der Waals surface area contributed by atoms with Gasteiger partial charge < -0.3 is 19.3 Å². The molecule has 3 aromatic rings. The first-order chi connectivity index (χ1) is 14.7. The molecule has 4 rings (SSSR count). The van der Waals surface area contributed by atoms with Crippen molar-refractivity contribution in [3.63, 3.8) is 0 Å². The predicted molar refractivity (Wildman–Crippen MR) is 119 cm³/mol. The minimum Gasteiger partial charge on any atom is -0.497 e. The SMILES string of the molecule is COc1ccc(-c2nc(C(=O)N(C)Cc3ccccc3N3CCOCC3)cs2)cc1. The van der Waals surface area contributed by atoms with E-state index in [1.807, 2.05) is 48.8 Å². The number of nitrogens with zero attached hydrogens (tertiary/aromatic N) is 3. The summed E-state index contributed by atoms with van der Waals surface area (Å²) in [5, 5.41) is 2.65. The van der Waals surface area contributed by atoms with Crippen LogP contribution in [0.4, 0.5) is 5.69 Å². The largest absolute Gasteiger partial charge is 0.497 e. The lowest BCUT2D eigenvalue weighted by molar-refractivity contribution is 0.0780. The molecule has 6 nitrogen and oxygen atoms in total. The van der Waals surface area contributed by atoms with E-state index in [9.17, 15) is 4.79 Å². The summed E-state index contributed by atoms with van der Waals surface area (Å²) in [6.45, 7) is 3.73. The molecule has 0 aliphatic carbocycles. The van der Waals surface area contributed by atoms with E-state index in [0.29, 0.717) is 12.2 Å². The number of carbonyl (C=O) groups excluding carboxylic acids is 1. The molecular weight excluding hydrogens is 398 g/mol. The smallest absolute Gasteiger partial charge is 0.273 e. The van der Waals surface area contributed by atoms with E-state index in [1.165, 1.54) is 11.3 Å². The van der Waals surface area contributed by atoms with Gasteiger partial charge in [-0.25, -0.2) is 4.98 Å². The van der Waals surface area contributed by atoms with Crippen molar-refractivity contribution >= 4 is 22.9 Å². The molecule has 1 aromatic heterocycles. The second-order valence-corrected chi connectivity index (χ2v) is 8.01. The van der Waals surface area contributed by atoms with Crippen LogP contribution >= 0.6 is 11.3 Å². The van der Waals surface area contributed by atoms with Crippen LogP contribution in [0.3, 0.4) is 0 Å². The number of para-hydroxylation sites is 1. The van der Waals surface area contributed by atoms with Gasteiger partial charge in [-0.2, -0.15) is 0 Å². The molecule has 0 N–H and O–H groups in total. The maximum Gasteiger partial charge on any atom is 0.273 e. The van der Waals surface area contributed by atoms with Gasteiger partial charge in [0.05, 0.1) is 20.3 Å². The Morgan fingerprint density at radius 1 is 1.17 bits per heavy atom. The highest BCUT2D eigenvalue weighted by Gasteiger charge is 2.20. The van der Waals surface area contributed by atoms with Crippen molar-refractivity contribution in [3.8, 4) is 16.3 Å². The van der Waals surface area contributed by atoms with Crippen molar-refractivity contribution in [1.82, 2.24) is 9.88 Å². The van der Waals surface area contributed by atoms with Crippen molar-refractivity contribution in [1.29, 1.82) is 0 Å². The molecule has 0 bridgehead atoms. The first-order valence-corrected chi connectivity index (χ1v) is 10.8. The molecule has 1 aliphatic rings. The van der Waals surface area contributed by atoms with E-state index in [0.717, 1.165) is 53.9 Å². The van der Waals surface area contributed by atoms with E-state index in [1.54, 1.807) is 12.0 Å². The van der Waals surface area contributed by atoms with Crippen LogP contribution in [0, 0.1) is 0 Å². The molecule has 0 atom stereocenters. The molecule has 7 heteroatoms. The number of hydrogen-bond acceptors (Lipinski definition) is 6. The van der Waals surface area contributed by atoms with Crippen LogP contribution in [-0.2, 0) is 11.3 Å². The number of thiazole rings is 1. The molecule has 30 heavy (non-hydrogen) atoms. The van der Waals surface area contributed by atoms with Crippen molar-refractivity contribution < 1.29 is 14.3 Å². The molecule has 0 saturated carbocycles. The Hall–Kier alpha value is -2.90. The monoisotopic (exact) mass is 423 g/mol. The number of anilines is 1. The lowest BCUT2D eigenvalue weighted by Gasteiger charge is -2.31. The fourth-order valence-corrected chi connectivity index (χ4v) is 4.32. The fourth-order valence-electron chi connectivity index (χ4n) is 3.52. The van der Waals surface area contributed by atoms with Gasteiger partial charge in [0.2, 0.25) is 0 Å². The molecule has 156 valence electrons. The number of benzene rings is 2. The summed E-state index contributed by atoms with van der Waals surface area (Å²) in [7, 11) is 3.47. The third-order valence-corrected chi connectivity index (χ3v) is 6.05. The Balaban J connectivity index is 1.47. The van der Waals surface area contributed by atoms with Crippen LogP contribution < -0.4 is 9.64 Å². The van der Waals surface area contributed by atoms with Crippen molar-refractivity contribution in [2.24, 2.45) is 0 Å².